The molecule has 144 valence electrons. The summed E-state index contributed by atoms with van der Waals surface area (Å²) < 4.78 is 41.7. The Morgan fingerprint density at radius 1 is 1.19 bits per heavy atom. The van der Waals surface area contributed by atoms with Crippen molar-refractivity contribution in [3.05, 3.63) is 69.7 Å². The van der Waals surface area contributed by atoms with Crippen molar-refractivity contribution >= 4 is 21.9 Å². The molecule has 0 saturated carbocycles. The summed E-state index contributed by atoms with van der Waals surface area (Å²) in [4.78, 5) is 13.3. The van der Waals surface area contributed by atoms with Crippen molar-refractivity contribution in [2.45, 2.75) is 25.1 Å². The van der Waals surface area contributed by atoms with Crippen LogP contribution >= 0.6 is 15.9 Å². The second-order valence-corrected chi connectivity index (χ2v) is 7.63. The first-order valence-corrected chi connectivity index (χ1v) is 9.45. The van der Waals surface area contributed by atoms with Crippen molar-refractivity contribution in [2.75, 3.05) is 13.1 Å². The highest BCUT2D eigenvalue weighted by atomic mass is 79.9. The van der Waals surface area contributed by atoms with Crippen LogP contribution < -0.4 is 0 Å². The Morgan fingerprint density at radius 3 is 2.59 bits per heavy atom. The number of likely N-dealkylation sites (tertiary alicyclic amines) is 1. The van der Waals surface area contributed by atoms with E-state index in [-0.39, 0.29) is 12.1 Å². The van der Waals surface area contributed by atoms with E-state index >= 15 is 0 Å². The van der Waals surface area contributed by atoms with Gasteiger partial charge in [0.1, 0.15) is 0 Å². The van der Waals surface area contributed by atoms with Crippen LogP contribution in [-0.4, -0.2) is 29.1 Å². The molecule has 0 aromatic heterocycles. The number of rotatable bonds is 4. The fraction of sp³-hybridized carbons (Fsp3) is 0.350. The van der Waals surface area contributed by atoms with Gasteiger partial charge in [0.25, 0.3) is 0 Å². The molecule has 1 heterocycles. The van der Waals surface area contributed by atoms with E-state index in [9.17, 15) is 23.1 Å². The lowest BCUT2D eigenvalue weighted by atomic mass is 9.89. The molecule has 2 aromatic carbocycles. The third kappa shape index (κ3) is 4.52. The number of aliphatic carboxylic acids is 1. The number of piperidine rings is 1. The largest absolute Gasteiger partial charge is 0.481 e. The summed E-state index contributed by atoms with van der Waals surface area (Å²) in [6.07, 6.45) is -3.31. The highest BCUT2D eigenvalue weighted by molar-refractivity contribution is 9.10. The third-order valence-corrected chi connectivity index (χ3v) is 5.39. The fourth-order valence-corrected chi connectivity index (χ4v) is 4.12. The lowest BCUT2D eigenvalue weighted by molar-refractivity contribution is -0.144. The second-order valence-electron chi connectivity index (χ2n) is 6.71. The van der Waals surface area contributed by atoms with Crippen molar-refractivity contribution in [3.8, 4) is 0 Å². The Balaban J connectivity index is 2.11. The van der Waals surface area contributed by atoms with Crippen LogP contribution in [0, 0.1) is 5.92 Å². The first kappa shape index (κ1) is 19.9. The van der Waals surface area contributed by atoms with Gasteiger partial charge in [0.05, 0.1) is 17.5 Å². The molecule has 3 rings (SSSR count). The zero-order valence-corrected chi connectivity index (χ0v) is 16.0. The predicted octanol–water partition coefficient (Wildman–Crippen LogP) is 5.35. The van der Waals surface area contributed by atoms with Crippen molar-refractivity contribution < 1.29 is 23.1 Å². The average Bonchev–Trinajstić information content (AvgIpc) is 2.62. The van der Waals surface area contributed by atoms with Gasteiger partial charge in [-0.15, -0.1) is 0 Å². The van der Waals surface area contributed by atoms with Crippen LogP contribution in [0.3, 0.4) is 0 Å². The van der Waals surface area contributed by atoms with Crippen molar-refractivity contribution in [1.82, 2.24) is 4.90 Å². The second kappa shape index (κ2) is 8.02. The van der Waals surface area contributed by atoms with Gasteiger partial charge in [-0.05, 0) is 48.7 Å². The van der Waals surface area contributed by atoms with Gasteiger partial charge in [-0.1, -0.05) is 46.3 Å². The summed E-state index contributed by atoms with van der Waals surface area (Å²) in [6.45, 7) is 0.770. The van der Waals surface area contributed by atoms with Crippen molar-refractivity contribution in [2.24, 2.45) is 5.92 Å². The summed E-state index contributed by atoms with van der Waals surface area (Å²) in [6, 6.07) is 12.0. The van der Waals surface area contributed by atoms with Crippen LogP contribution in [0.15, 0.2) is 53.0 Å². The highest BCUT2D eigenvalue weighted by Crippen LogP contribution is 2.40. The van der Waals surface area contributed by atoms with Gasteiger partial charge in [-0.2, -0.15) is 13.2 Å². The zero-order chi connectivity index (χ0) is 19.6. The zero-order valence-electron chi connectivity index (χ0n) is 14.4. The van der Waals surface area contributed by atoms with Gasteiger partial charge in [0.15, 0.2) is 0 Å². The number of carbonyl (C=O) groups is 1. The number of alkyl halides is 3. The van der Waals surface area contributed by atoms with Gasteiger partial charge < -0.3 is 5.11 Å². The first-order valence-electron chi connectivity index (χ1n) is 8.66. The van der Waals surface area contributed by atoms with Crippen LogP contribution in [0.25, 0.3) is 0 Å². The molecule has 0 amide bonds. The molecular formula is C20H19BrF3NO2. The maximum atomic E-state index is 13.7. The fourth-order valence-electron chi connectivity index (χ4n) is 3.70. The van der Waals surface area contributed by atoms with Gasteiger partial charge >= 0.3 is 12.1 Å². The first-order chi connectivity index (χ1) is 12.8. The number of hydrogen-bond acceptors (Lipinski definition) is 2. The van der Waals surface area contributed by atoms with Crippen molar-refractivity contribution in [3.63, 3.8) is 0 Å². The van der Waals surface area contributed by atoms with E-state index in [4.69, 9.17) is 0 Å². The lowest BCUT2D eigenvalue weighted by Crippen LogP contribution is -2.41. The number of carboxylic acid groups (broad SMARTS) is 1. The average molecular weight is 442 g/mol. The minimum Gasteiger partial charge on any atom is -0.481 e. The van der Waals surface area contributed by atoms with E-state index in [2.05, 4.69) is 15.9 Å². The van der Waals surface area contributed by atoms with E-state index < -0.39 is 29.7 Å². The molecule has 7 heteroatoms. The number of halogens is 4. The Labute approximate surface area is 163 Å². The molecule has 1 saturated heterocycles. The number of hydrogen-bond donors (Lipinski definition) is 1. The molecule has 1 aliphatic rings. The number of nitrogens with zero attached hydrogens (tertiary/aromatic N) is 1. The Bertz CT molecular complexity index is 825. The quantitative estimate of drug-likeness (QED) is 0.694. The van der Waals surface area contributed by atoms with Crippen LogP contribution in [0.4, 0.5) is 13.2 Å². The van der Waals surface area contributed by atoms with E-state index in [0.717, 1.165) is 10.5 Å². The topological polar surface area (TPSA) is 40.5 Å². The molecule has 0 radical (unpaired) electrons. The maximum absolute atomic E-state index is 13.7. The summed E-state index contributed by atoms with van der Waals surface area (Å²) in [7, 11) is 0. The molecule has 1 fully saturated rings. The summed E-state index contributed by atoms with van der Waals surface area (Å²) >= 11 is 3.39. The normalized spacial score (nSPS) is 19.6. The van der Waals surface area contributed by atoms with Gasteiger partial charge in [0, 0.05) is 11.0 Å². The maximum Gasteiger partial charge on any atom is 0.416 e. The molecule has 0 bridgehead atoms. The lowest BCUT2D eigenvalue weighted by Gasteiger charge is -2.38. The molecular weight excluding hydrogens is 423 g/mol. The van der Waals surface area contributed by atoms with Crippen molar-refractivity contribution in [1.29, 1.82) is 0 Å². The van der Waals surface area contributed by atoms with Gasteiger partial charge in [-0.3, -0.25) is 9.69 Å². The van der Waals surface area contributed by atoms with Gasteiger partial charge in [-0.25, -0.2) is 0 Å². The van der Waals surface area contributed by atoms with Crippen LogP contribution in [0.2, 0.25) is 0 Å². The van der Waals surface area contributed by atoms with Crippen LogP contribution in [0.1, 0.15) is 35.6 Å². The molecule has 3 nitrogen and oxygen atoms in total. The van der Waals surface area contributed by atoms with E-state index in [1.807, 2.05) is 11.0 Å². The molecule has 0 aliphatic carbocycles. The number of benzene rings is 2. The summed E-state index contributed by atoms with van der Waals surface area (Å²) in [5.74, 6) is -1.48. The van der Waals surface area contributed by atoms with Crippen LogP contribution in [0.5, 0.6) is 0 Å². The Hall–Kier alpha value is -1.86. The van der Waals surface area contributed by atoms with E-state index in [0.29, 0.717) is 24.9 Å². The predicted molar refractivity (Wildman–Crippen MR) is 99.4 cm³/mol. The molecule has 27 heavy (non-hydrogen) atoms. The smallest absolute Gasteiger partial charge is 0.416 e. The molecule has 1 aliphatic heterocycles. The third-order valence-electron chi connectivity index (χ3n) is 4.89. The Morgan fingerprint density at radius 2 is 1.93 bits per heavy atom. The standard InChI is InChI=1S/C20H19BrF3NO2/c21-15-7-3-5-13(11-15)18(25-10-4-6-14(12-25)19(26)27)16-8-1-2-9-17(16)20(22,23)24/h1-3,5,7-9,11,14,18H,4,6,10,12H2,(H,26,27). The highest BCUT2D eigenvalue weighted by Gasteiger charge is 2.38. The van der Waals surface area contributed by atoms with Gasteiger partial charge in [0.2, 0.25) is 0 Å². The van der Waals surface area contributed by atoms with E-state index in [1.54, 1.807) is 24.3 Å². The Kier molecular flexibility index (Phi) is 5.91. The van der Waals surface area contributed by atoms with Crippen LogP contribution in [-0.2, 0) is 11.0 Å². The molecule has 2 aromatic rings. The molecule has 2 unspecified atom stereocenters. The summed E-state index contributed by atoms with van der Waals surface area (Å²) in [5, 5.41) is 9.39. The minimum absolute atomic E-state index is 0.147. The number of carboxylic acids is 1. The molecule has 2 atom stereocenters. The molecule has 1 N–H and O–H groups in total. The summed E-state index contributed by atoms with van der Waals surface area (Å²) in [5.41, 5.74) is 0.161. The van der Waals surface area contributed by atoms with E-state index in [1.165, 1.54) is 12.1 Å². The minimum atomic E-state index is -4.48. The molecule has 0 spiro atoms. The monoisotopic (exact) mass is 441 g/mol. The SMILES string of the molecule is O=C(O)C1CCCN(C(c2cccc(Br)c2)c2ccccc2C(F)(F)F)C1.